The number of unbranched alkanes of at least 4 members (excludes halogenated alkanes) is 12. The molecule has 1 unspecified atom stereocenters. The minimum absolute atomic E-state index is 0.0247. The molecule has 2 aliphatic rings. The van der Waals surface area contributed by atoms with Gasteiger partial charge in [-0.15, -0.1) is 0 Å². The fourth-order valence-corrected chi connectivity index (χ4v) is 6.73. The highest BCUT2D eigenvalue weighted by molar-refractivity contribution is 5.83. The van der Waals surface area contributed by atoms with E-state index < -0.39 is 18.3 Å². The summed E-state index contributed by atoms with van der Waals surface area (Å²) in [6.45, 7) is 3.77. The number of carbonyl (C=O) groups excluding carboxylic acids is 2. The number of aliphatic hydroxyl groups excluding tert-OH is 3. The lowest BCUT2D eigenvalue weighted by Crippen LogP contribution is -2.31. The van der Waals surface area contributed by atoms with Gasteiger partial charge in [-0.05, 0) is 84.0 Å². The molecule has 2 fully saturated rings. The van der Waals surface area contributed by atoms with Crippen LogP contribution in [-0.4, -0.2) is 63.7 Å². The van der Waals surface area contributed by atoms with Gasteiger partial charge in [0.15, 0.2) is 0 Å². The predicted molar refractivity (Wildman–Crippen MR) is 176 cm³/mol. The first-order valence-corrected chi connectivity index (χ1v) is 18.3. The highest BCUT2D eigenvalue weighted by Crippen LogP contribution is 2.29. The zero-order chi connectivity index (χ0) is 32.0. The molecule has 2 aliphatic heterocycles. The van der Waals surface area contributed by atoms with E-state index in [1.807, 2.05) is 0 Å². The van der Waals surface area contributed by atoms with Gasteiger partial charge in [0, 0.05) is 6.42 Å². The molecule has 44 heavy (non-hydrogen) atoms. The fraction of sp³-hybridized carbons (Fsp3) is 0.892. The van der Waals surface area contributed by atoms with Crippen molar-refractivity contribution in [1.29, 1.82) is 0 Å². The summed E-state index contributed by atoms with van der Waals surface area (Å²) in [5, 5.41) is 31.7. The van der Waals surface area contributed by atoms with Crippen LogP contribution in [0.15, 0.2) is 12.2 Å². The van der Waals surface area contributed by atoms with Crippen LogP contribution >= 0.6 is 0 Å². The van der Waals surface area contributed by atoms with E-state index in [0.29, 0.717) is 32.1 Å². The van der Waals surface area contributed by atoms with Crippen molar-refractivity contribution in [1.82, 2.24) is 0 Å². The van der Waals surface area contributed by atoms with Crippen LogP contribution in [0.4, 0.5) is 0 Å². The Morgan fingerprint density at radius 2 is 1.36 bits per heavy atom. The number of aliphatic hydroxyl groups is 3. The van der Waals surface area contributed by atoms with Crippen LogP contribution in [0.5, 0.6) is 0 Å². The first-order chi connectivity index (χ1) is 21.3. The van der Waals surface area contributed by atoms with Crippen LogP contribution in [0.3, 0.4) is 0 Å². The zero-order valence-electron chi connectivity index (χ0n) is 28.1. The predicted octanol–water partition coefficient (Wildman–Crippen LogP) is 7.91. The quantitative estimate of drug-likeness (QED) is 0.0485. The Labute approximate surface area is 268 Å². The monoisotopic (exact) mass is 622 g/mol. The highest BCUT2D eigenvalue weighted by atomic mass is 16.6. The second-order valence-electron chi connectivity index (χ2n) is 13.7. The molecule has 7 atom stereocenters. The number of esters is 1. The molecule has 7 nitrogen and oxygen atoms in total. The Morgan fingerprint density at radius 3 is 2.02 bits per heavy atom. The molecule has 0 saturated carbocycles. The molecule has 2 saturated heterocycles. The number of allylic oxidation sites excluding steroid dienone is 2. The molecule has 0 aromatic rings. The number of hydrogen-bond donors (Lipinski definition) is 3. The molecule has 0 bridgehead atoms. The fourth-order valence-electron chi connectivity index (χ4n) is 6.73. The maximum absolute atomic E-state index is 11.9. The topological polar surface area (TPSA) is 113 Å². The van der Waals surface area contributed by atoms with Crippen LogP contribution in [-0.2, 0) is 19.1 Å². The van der Waals surface area contributed by atoms with Gasteiger partial charge in [0.25, 0.3) is 0 Å². The SMILES string of the molecule is CCCCCCCCCCCC/C=C\CC[C@@H](O)[C@H]1CC[C@H]([C@H](O)CC[C@H](O)CCCCC[C@@H]2CC(CC(C)=O)C(=O)O2)O1. The van der Waals surface area contributed by atoms with Gasteiger partial charge < -0.3 is 29.6 Å². The van der Waals surface area contributed by atoms with Crippen LogP contribution in [0.25, 0.3) is 0 Å². The number of ether oxygens (including phenoxy) is 2. The molecule has 7 heteroatoms. The molecular formula is C37H66O7. The average molecular weight is 623 g/mol. The van der Waals surface area contributed by atoms with E-state index in [1.54, 1.807) is 0 Å². The second-order valence-corrected chi connectivity index (χ2v) is 13.7. The lowest BCUT2D eigenvalue weighted by atomic mass is 9.96. The van der Waals surface area contributed by atoms with Crippen molar-refractivity contribution < 1.29 is 34.4 Å². The minimum atomic E-state index is -0.622. The van der Waals surface area contributed by atoms with E-state index in [-0.39, 0.29) is 42.4 Å². The van der Waals surface area contributed by atoms with Gasteiger partial charge in [0.2, 0.25) is 0 Å². The molecule has 0 radical (unpaired) electrons. The third kappa shape index (κ3) is 17.4. The van der Waals surface area contributed by atoms with Crippen molar-refractivity contribution in [3.8, 4) is 0 Å². The molecule has 0 aromatic carbocycles. The zero-order valence-corrected chi connectivity index (χ0v) is 28.1. The number of Topliss-reactive ketones (excluding diaryl/α,β-unsaturated/α-hetero) is 1. The van der Waals surface area contributed by atoms with Gasteiger partial charge in [-0.2, -0.15) is 0 Å². The first kappa shape index (κ1) is 38.9. The first-order valence-electron chi connectivity index (χ1n) is 18.3. The summed E-state index contributed by atoms with van der Waals surface area (Å²) in [4.78, 5) is 23.1. The van der Waals surface area contributed by atoms with Gasteiger partial charge >= 0.3 is 5.97 Å². The molecule has 0 aromatic heterocycles. The summed E-state index contributed by atoms with van der Waals surface area (Å²) in [6.07, 6.45) is 26.2. The largest absolute Gasteiger partial charge is 0.462 e. The van der Waals surface area contributed by atoms with Gasteiger partial charge in [0.1, 0.15) is 11.9 Å². The second kappa shape index (κ2) is 24.0. The maximum Gasteiger partial charge on any atom is 0.309 e. The Hall–Kier alpha value is -1.28. The standard InChI is InChI=1S/C37H66O7/c1-3-4-5-6-7-8-9-10-11-12-13-14-15-19-22-33(40)35-25-26-36(44-35)34(41)24-23-31(39)20-17-16-18-21-32-28-30(27-29(2)38)37(42)43-32/h14-15,30-36,39-41H,3-13,16-28H2,1-2H3/b15-14-/t30?,31-,32-,33-,34-,35-,36-/m1/s1. The van der Waals surface area contributed by atoms with E-state index in [2.05, 4.69) is 19.1 Å². The van der Waals surface area contributed by atoms with Crippen LogP contribution < -0.4 is 0 Å². The summed E-state index contributed by atoms with van der Waals surface area (Å²) in [6, 6.07) is 0. The lowest BCUT2D eigenvalue weighted by molar-refractivity contribution is -0.145. The van der Waals surface area contributed by atoms with Crippen molar-refractivity contribution in [2.24, 2.45) is 5.92 Å². The van der Waals surface area contributed by atoms with Crippen molar-refractivity contribution >= 4 is 11.8 Å². The normalized spacial score (nSPS) is 24.2. The molecule has 2 heterocycles. The van der Waals surface area contributed by atoms with Crippen molar-refractivity contribution in [3.05, 3.63) is 12.2 Å². The minimum Gasteiger partial charge on any atom is -0.462 e. The third-order valence-electron chi connectivity index (χ3n) is 9.52. The molecule has 256 valence electrons. The van der Waals surface area contributed by atoms with Gasteiger partial charge in [-0.1, -0.05) is 89.7 Å². The molecule has 2 rings (SSSR count). The van der Waals surface area contributed by atoms with Crippen molar-refractivity contribution in [3.63, 3.8) is 0 Å². The number of cyclic esters (lactones) is 1. The van der Waals surface area contributed by atoms with Crippen LogP contribution in [0, 0.1) is 5.92 Å². The third-order valence-corrected chi connectivity index (χ3v) is 9.52. The average Bonchev–Trinajstić information content (AvgIpc) is 3.62. The Morgan fingerprint density at radius 1 is 0.773 bits per heavy atom. The summed E-state index contributed by atoms with van der Waals surface area (Å²) in [5.41, 5.74) is 0. The summed E-state index contributed by atoms with van der Waals surface area (Å²) >= 11 is 0. The van der Waals surface area contributed by atoms with Crippen LogP contribution in [0.2, 0.25) is 0 Å². The van der Waals surface area contributed by atoms with E-state index in [9.17, 15) is 24.9 Å². The molecule has 0 amide bonds. The number of hydrogen-bond acceptors (Lipinski definition) is 7. The Kier molecular flexibility index (Phi) is 21.2. The Bertz CT molecular complexity index is 784. The number of rotatable bonds is 27. The molecular weight excluding hydrogens is 556 g/mol. The highest BCUT2D eigenvalue weighted by Gasteiger charge is 2.35. The summed E-state index contributed by atoms with van der Waals surface area (Å²) in [7, 11) is 0. The van der Waals surface area contributed by atoms with Gasteiger partial charge in [0.05, 0.1) is 36.4 Å². The lowest BCUT2D eigenvalue weighted by Gasteiger charge is -2.22. The van der Waals surface area contributed by atoms with E-state index in [0.717, 1.165) is 51.4 Å². The van der Waals surface area contributed by atoms with Crippen LogP contribution in [0.1, 0.15) is 168 Å². The van der Waals surface area contributed by atoms with E-state index in [1.165, 1.54) is 71.1 Å². The molecule has 3 N–H and O–H groups in total. The summed E-state index contributed by atoms with van der Waals surface area (Å²) < 4.78 is 11.4. The number of ketones is 1. The smallest absolute Gasteiger partial charge is 0.309 e. The van der Waals surface area contributed by atoms with Gasteiger partial charge in [-0.25, -0.2) is 0 Å². The molecule has 0 aliphatic carbocycles. The Balaban J connectivity index is 1.43. The van der Waals surface area contributed by atoms with Crippen molar-refractivity contribution in [2.75, 3.05) is 0 Å². The van der Waals surface area contributed by atoms with E-state index >= 15 is 0 Å². The van der Waals surface area contributed by atoms with E-state index in [4.69, 9.17) is 9.47 Å². The number of carbonyl (C=O) groups is 2. The maximum atomic E-state index is 11.9. The summed E-state index contributed by atoms with van der Waals surface area (Å²) in [5.74, 6) is -0.496. The van der Waals surface area contributed by atoms with Gasteiger partial charge in [-0.3, -0.25) is 4.79 Å². The van der Waals surface area contributed by atoms with Crippen molar-refractivity contribution in [2.45, 2.75) is 205 Å². The molecule has 0 spiro atoms.